The highest BCUT2D eigenvalue weighted by Gasteiger charge is 2.44. The second kappa shape index (κ2) is 7.12. The summed E-state index contributed by atoms with van der Waals surface area (Å²) in [6.07, 6.45) is -3.97. The van der Waals surface area contributed by atoms with Crippen molar-refractivity contribution < 1.29 is 22.4 Å². The number of hydrogen-bond donors (Lipinski definition) is 1. The number of nitrogens with zero attached hydrogens (tertiary/aromatic N) is 3. The van der Waals surface area contributed by atoms with E-state index in [4.69, 9.17) is 0 Å². The van der Waals surface area contributed by atoms with Crippen LogP contribution in [0.3, 0.4) is 0 Å². The zero-order chi connectivity index (χ0) is 18.5. The number of benzene rings is 1. The predicted octanol–water partition coefficient (Wildman–Crippen LogP) is 2.74. The van der Waals surface area contributed by atoms with Gasteiger partial charge in [0, 0.05) is 26.2 Å². The lowest BCUT2D eigenvalue weighted by atomic mass is 10.0. The summed E-state index contributed by atoms with van der Waals surface area (Å²) in [6, 6.07) is 5.03. The molecule has 0 unspecified atom stereocenters. The van der Waals surface area contributed by atoms with E-state index in [1.807, 2.05) is 0 Å². The summed E-state index contributed by atoms with van der Waals surface area (Å²) in [4.78, 5) is 14.2. The number of hydrogen-bond acceptors (Lipinski definition) is 3. The monoisotopic (exact) mass is 404 g/mol. The Morgan fingerprint density at radius 3 is 2.37 bits per heavy atom. The van der Waals surface area contributed by atoms with Crippen molar-refractivity contribution in [1.29, 1.82) is 0 Å². The second-order valence-corrected chi connectivity index (χ2v) is 6.66. The van der Waals surface area contributed by atoms with E-state index in [2.05, 4.69) is 10.4 Å². The summed E-state index contributed by atoms with van der Waals surface area (Å²) in [5, 5.41) is 6.89. The minimum Gasteiger partial charge on any atom is -0.338 e. The van der Waals surface area contributed by atoms with Crippen molar-refractivity contribution in [3.63, 3.8) is 0 Å². The van der Waals surface area contributed by atoms with Crippen molar-refractivity contribution in [2.24, 2.45) is 11.8 Å². The first-order valence-corrected chi connectivity index (χ1v) is 8.26. The number of fused-ring (bicyclic) bond motifs is 1. The van der Waals surface area contributed by atoms with E-state index in [0.717, 1.165) is 25.4 Å². The van der Waals surface area contributed by atoms with Crippen molar-refractivity contribution in [2.45, 2.75) is 6.18 Å². The van der Waals surface area contributed by atoms with Gasteiger partial charge in [0.2, 0.25) is 0 Å². The molecule has 1 N–H and O–H groups in total. The molecule has 0 radical (unpaired) electrons. The zero-order valence-corrected chi connectivity index (χ0v) is 14.9. The predicted molar refractivity (Wildman–Crippen MR) is 91.5 cm³/mol. The highest BCUT2D eigenvalue weighted by atomic mass is 35.5. The van der Waals surface area contributed by atoms with Gasteiger partial charge < -0.3 is 10.2 Å². The van der Waals surface area contributed by atoms with Crippen molar-refractivity contribution in [1.82, 2.24) is 20.0 Å². The molecule has 2 aliphatic heterocycles. The lowest BCUT2D eigenvalue weighted by molar-refractivity contribution is -0.143. The van der Waals surface area contributed by atoms with Crippen LogP contribution in [0.2, 0.25) is 0 Å². The number of likely N-dealkylation sites (tertiary alicyclic amines) is 1. The second-order valence-electron chi connectivity index (χ2n) is 6.66. The summed E-state index contributed by atoms with van der Waals surface area (Å²) in [5.41, 5.74) is -2.14. The van der Waals surface area contributed by atoms with Crippen LogP contribution in [-0.2, 0) is 6.18 Å². The highest BCUT2D eigenvalue weighted by molar-refractivity contribution is 5.95. The van der Waals surface area contributed by atoms with Gasteiger partial charge in [0.1, 0.15) is 11.5 Å². The van der Waals surface area contributed by atoms with E-state index in [1.54, 1.807) is 0 Å². The van der Waals surface area contributed by atoms with Crippen LogP contribution in [0.4, 0.5) is 17.6 Å². The van der Waals surface area contributed by atoms with Crippen LogP contribution in [0, 0.1) is 17.7 Å². The summed E-state index contributed by atoms with van der Waals surface area (Å²) in [6.45, 7) is 2.35. The van der Waals surface area contributed by atoms with E-state index < -0.39 is 29.2 Å². The van der Waals surface area contributed by atoms with Crippen LogP contribution in [0.5, 0.6) is 0 Å². The summed E-state index contributed by atoms with van der Waals surface area (Å²) < 4.78 is 55.5. The first-order chi connectivity index (χ1) is 12.4. The Kier molecular flexibility index (Phi) is 5.18. The van der Waals surface area contributed by atoms with Gasteiger partial charge in [-0.25, -0.2) is 9.07 Å². The number of halogens is 5. The van der Waals surface area contributed by atoms with Gasteiger partial charge >= 0.3 is 6.18 Å². The van der Waals surface area contributed by atoms with Crippen molar-refractivity contribution in [2.75, 3.05) is 26.2 Å². The molecule has 2 saturated heterocycles. The lowest BCUT2D eigenvalue weighted by Gasteiger charge is -2.19. The normalized spacial score (nSPS) is 21.9. The maximum absolute atomic E-state index is 14.0. The minimum absolute atomic E-state index is 0. The molecule has 1 aromatic carbocycles. The third-order valence-electron chi connectivity index (χ3n) is 5.03. The molecule has 5 nitrogen and oxygen atoms in total. The van der Waals surface area contributed by atoms with Gasteiger partial charge in [-0.15, -0.1) is 12.4 Å². The Morgan fingerprint density at radius 2 is 1.78 bits per heavy atom. The Hall–Kier alpha value is -2.13. The molecular formula is C17H17ClF4N4O. The smallest absolute Gasteiger partial charge is 0.338 e. The lowest BCUT2D eigenvalue weighted by Crippen LogP contribution is -2.33. The van der Waals surface area contributed by atoms with Crippen LogP contribution < -0.4 is 5.32 Å². The fourth-order valence-electron chi connectivity index (χ4n) is 3.78. The fraction of sp³-hybridized carbons (Fsp3) is 0.412. The van der Waals surface area contributed by atoms with Crippen LogP contribution in [0.1, 0.15) is 16.1 Å². The Morgan fingerprint density at radius 1 is 1.15 bits per heavy atom. The largest absolute Gasteiger partial charge is 0.434 e. The van der Waals surface area contributed by atoms with Gasteiger partial charge in [-0.05, 0) is 24.0 Å². The number of carbonyl (C=O) groups is 1. The van der Waals surface area contributed by atoms with Crippen molar-refractivity contribution in [3.8, 4) is 5.69 Å². The number of aromatic nitrogens is 2. The first kappa shape index (κ1) is 19.6. The highest BCUT2D eigenvalue weighted by Crippen LogP contribution is 2.36. The number of carbonyl (C=O) groups excluding carboxylic acids is 1. The quantitative estimate of drug-likeness (QED) is 0.783. The van der Waals surface area contributed by atoms with E-state index in [1.165, 1.54) is 23.1 Å². The molecule has 0 bridgehead atoms. The van der Waals surface area contributed by atoms with E-state index in [0.29, 0.717) is 17.8 Å². The van der Waals surface area contributed by atoms with E-state index in [-0.39, 0.29) is 29.9 Å². The van der Waals surface area contributed by atoms with Crippen LogP contribution in [-0.4, -0.2) is 46.8 Å². The maximum atomic E-state index is 14.0. The molecule has 2 atom stereocenters. The Labute approximate surface area is 158 Å². The average molecular weight is 405 g/mol. The minimum atomic E-state index is -4.85. The van der Waals surface area contributed by atoms with Gasteiger partial charge in [0.25, 0.3) is 5.91 Å². The van der Waals surface area contributed by atoms with Crippen molar-refractivity contribution >= 4 is 18.3 Å². The Balaban J connectivity index is 0.00000210. The molecule has 2 fully saturated rings. The SMILES string of the molecule is Cl.O=C(c1cnn(-c2ccccc2F)c1C(F)(F)F)N1C[C@H]2CNC[C@H]2C1. The number of para-hydroxylation sites is 1. The molecular weight excluding hydrogens is 388 g/mol. The maximum Gasteiger partial charge on any atom is 0.434 e. The zero-order valence-electron chi connectivity index (χ0n) is 14.0. The molecule has 0 saturated carbocycles. The summed E-state index contributed by atoms with van der Waals surface area (Å²) in [5.74, 6) is -1.04. The molecule has 27 heavy (non-hydrogen) atoms. The molecule has 1 amide bonds. The molecule has 0 spiro atoms. The Bertz CT molecular complexity index is 842. The molecule has 2 aromatic rings. The van der Waals surface area contributed by atoms with Gasteiger partial charge in [-0.3, -0.25) is 4.79 Å². The standard InChI is InChI=1S/C17H16F4N4O.ClH/c18-13-3-1-2-4-14(13)25-15(17(19,20)21)12(7-23-25)16(26)24-8-10-5-22-6-11(10)9-24;/h1-4,7,10-11,22H,5-6,8-9H2;1H/t10-,11+;. The van der Waals surface area contributed by atoms with Crippen LogP contribution in [0.15, 0.2) is 30.5 Å². The number of nitrogens with one attached hydrogen (secondary N) is 1. The van der Waals surface area contributed by atoms with Gasteiger partial charge in [-0.1, -0.05) is 12.1 Å². The third kappa shape index (κ3) is 3.41. The molecule has 4 rings (SSSR count). The van der Waals surface area contributed by atoms with Gasteiger partial charge in [0.15, 0.2) is 5.69 Å². The number of rotatable bonds is 2. The molecule has 10 heteroatoms. The topological polar surface area (TPSA) is 50.2 Å². The average Bonchev–Trinajstić information content (AvgIpc) is 3.27. The van der Waals surface area contributed by atoms with Crippen LogP contribution in [0.25, 0.3) is 5.69 Å². The fourth-order valence-corrected chi connectivity index (χ4v) is 3.78. The number of alkyl halides is 3. The van der Waals surface area contributed by atoms with Gasteiger partial charge in [0.05, 0.1) is 11.8 Å². The third-order valence-corrected chi connectivity index (χ3v) is 5.03. The molecule has 3 heterocycles. The van der Waals surface area contributed by atoms with Crippen molar-refractivity contribution in [3.05, 3.63) is 47.5 Å². The molecule has 0 aliphatic carbocycles. The van der Waals surface area contributed by atoms with Gasteiger partial charge in [-0.2, -0.15) is 18.3 Å². The summed E-state index contributed by atoms with van der Waals surface area (Å²) in [7, 11) is 0. The first-order valence-electron chi connectivity index (χ1n) is 8.26. The van der Waals surface area contributed by atoms with E-state index in [9.17, 15) is 22.4 Å². The molecule has 146 valence electrons. The van der Waals surface area contributed by atoms with Crippen LogP contribution >= 0.6 is 12.4 Å². The molecule has 1 aromatic heterocycles. The molecule has 2 aliphatic rings. The van der Waals surface area contributed by atoms with E-state index >= 15 is 0 Å². The number of amides is 1. The summed E-state index contributed by atoms with van der Waals surface area (Å²) >= 11 is 0.